The van der Waals surface area contributed by atoms with Gasteiger partial charge in [-0.05, 0) is 12.1 Å². The lowest BCUT2D eigenvalue weighted by atomic mass is 10.2. The van der Waals surface area contributed by atoms with Gasteiger partial charge < -0.3 is 9.84 Å². The van der Waals surface area contributed by atoms with Crippen LogP contribution < -0.4 is 4.74 Å². The van der Waals surface area contributed by atoms with Crippen molar-refractivity contribution in [2.24, 2.45) is 0 Å². The van der Waals surface area contributed by atoms with Gasteiger partial charge >= 0.3 is 5.97 Å². The molecule has 0 radical (unpaired) electrons. The quantitative estimate of drug-likeness (QED) is 0.500. The van der Waals surface area contributed by atoms with Crippen LogP contribution in [0.25, 0.3) is 0 Å². The van der Waals surface area contributed by atoms with E-state index in [0.717, 1.165) is 0 Å². The number of carbonyl (C=O) groups is 1. The van der Waals surface area contributed by atoms with Crippen molar-refractivity contribution >= 4 is 5.97 Å². The Hall–Kier alpha value is -1.95. The highest BCUT2D eigenvalue weighted by atomic mass is 16.5. The topological polar surface area (TPSA) is 49.2 Å². The minimum absolute atomic E-state index is 0.162. The summed E-state index contributed by atoms with van der Waals surface area (Å²) in [5.74, 6) is 2.09. The predicted octanol–water partition coefficient (Wildman–Crippen LogP) is 0.563. The first-order valence-electron chi connectivity index (χ1n) is 3.66. The summed E-state index contributed by atoms with van der Waals surface area (Å²) >= 11 is 0. The predicted molar refractivity (Wildman–Crippen MR) is 48.7 cm³/mol. The van der Waals surface area contributed by atoms with Gasteiger partial charge in [-0.1, -0.05) is 12.0 Å². The molecule has 1 rings (SSSR count). The molecule has 0 bridgehead atoms. The molecule has 0 aliphatic rings. The van der Waals surface area contributed by atoms with E-state index >= 15 is 0 Å². The third kappa shape index (κ3) is 2.53. The van der Waals surface area contributed by atoms with E-state index in [1.165, 1.54) is 6.07 Å². The number of rotatable bonds is 3. The third-order valence-electron chi connectivity index (χ3n) is 1.42. The Bertz CT molecular complexity index is 349. The average molecular weight is 177 g/mol. The monoisotopic (exact) mass is 177 g/mol. The average Bonchev–Trinajstić information content (AvgIpc) is 2.15. The Kier molecular flexibility index (Phi) is 2.93. The number of terminal acetylenes is 1. The second-order valence-electron chi connectivity index (χ2n) is 2.35. The molecule has 0 aromatic heterocycles. The summed E-state index contributed by atoms with van der Waals surface area (Å²) in [7, 11) is 0. The fraction of sp³-hybridized carbons (Fsp3) is 0.100. The third-order valence-corrected chi connectivity index (χ3v) is 1.42. The van der Waals surface area contributed by atoms with Gasteiger partial charge in [0.1, 0.15) is 17.9 Å². The largest absolute Gasteiger partial charge is 0.561 e. The van der Waals surface area contributed by atoms with Crippen LogP contribution in [0, 0.1) is 12.3 Å². The molecule has 13 heavy (non-hydrogen) atoms. The number of hydrogen-bond acceptors (Lipinski definition) is 2. The first-order chi connectivity index (χ1) is 6.24. The van der Waals surface area contributed by atoms with Crippen molar-refractivity contribution in [1.82, 2.24) is 0 Å². The van der Waals surface area contributed by atoms with Crippen molar-refractivity contribution in [2.45, 2.75) is 0 Å². The van der Waals surface area contributed by atoms with Crippen LogP contribution in [0.2, 0.25) is 0 Å². The Morgan fingerprint density at radius 3 is 3.00 bits per heavy atom. The molecule has 0 aliphatic carbocycles. The molecule has 3 nitrogen and oxygen atoms in total. The molecule has 0 aliphatic heterocycles. The normalized spacial score (nSPS) is 8.85. The zero-order valence-electron chi connectivity index (χ0n) is 6.91. The van der Waals surface area contributed by atoms with Gasteiger partial charge in [0.2, 0.25) is 0 Å². The number of ether oxygens (including phenoxy) is 1. The van der Waals surface area contributed by atoms with E-state index in [-0.39, 0.29) is 6.61 Å². The van der Waals surface area contributed by atoms with Crippen molar-refractivity contribution in [3.05, 3.63) is 29.8 Å². The molecule has 0 spiro atoms. The molecule has 66 valence electrons. The fourth-order valence-corrected chi connectivity index (χ4v) is 0.852. The maximum atomic E-state index is 10.6. The van der Waals surface area contributed by atoms with Crippen LogP contribution in [0.4, 0.5) is 0 Å². The van der Waals surface area contributed by atoms with Gasteiger partial charge in [0.05, 0.1) is 0 Å². The zero-order chi connectivity index (χ0) is 9.68. The summed E-state index contributed by atoms with van der Waals surface area (Å²) in [5, 5.41) is 6.86. The Morgan fingerprint density at radius 2 is 2.38 bits per heavy atom. The molecule has 1 aromatic rings. The van der Waals surface area contributed by atoms with Gasteiger partial charge in [-0.2, -0.15) is 0 Å². The standard InChI is InChI=1S/C10H8O3/c1-2-6-13-9-5-3-4-8(7-9)10(11)12/h1,3-5,7H,6H2,(H,11,12)/p+1. The number of carbonyl (C=O) groups excluding carboxylic acids is 1. The summed E-state index contributed by atoms with van der Waals surface area (Å²) in [6, 6.07) is 6.38. The van der Waals surface area contributed by atoms with Crippen molar-refractivity contribution < 1.29 is 14.6 Å². The molecular formula is C10H9O3+. The highest BCUT2D eigenvalue weighted by Gasteiger charge is 2.10. The van der Waals surface area contributed by atoms with Crippen LogP contribution in [0.5, 0.6) is 5.75 Å². The maximum Gasteiger partial charge on any atom is 0.549 e. The van der Waals surface area contributed by atoms with E-state index < -0.39 is 5.97 Å². The first-order valence-corrected chi connectivity index (χ1v) is 3.66. The molecule has 1 aromatic carbocycles. The molecule has 0 amide bonds. The second-order valence-corrected chi connectivity index (χ2v) is 2.35. The summed E-state index contributed by atoms with van der Waals surface area (Å²) < 4.78 is 5.07. The van der Waals surface area contributed by atoms with E-state index in [9.17, 15) is 4.79 Å². The molecule has 3 heteroatoms. The van der Waals surface area contributed by atoms with Gasteiger partial charge in [0.15, 0.2) is 0 Å². The second kappa shape index (κ2) is 4.17. The van der Waals surface area contributed by atoms with Crippen LogP contribution in [-0.4, -0.2) is 17.7 Å². The Labute approximate surface area is 76.0 Å². The lowest BCUT2D eigenvalue weighted by molar-refractivity contribution is 0.0696. The van der Waals surface area contributed by atoms with Crippen LogP contribution in [-0.2, 0) is 0 Å². The van der Waals surface area contributed by atoms with Crippen LogP contribution in [0.3, 0.4) is 0 Å². The minimum atomic E-state index is -0.730. The Balaban J connectivity index is 2.80. The molecule has 0 saturated heterocycles. The Morgan fingerprint density at radius 1 is 1.62 bits per heavy atom. The van der Waals surface area contributed by atoms with Crippen molar-refractivity contribution in [2.75, 3.05) is 6.61 Å². The molecule has 0 saturated carbocycles. The van der Waals surface area contributed by atoms with E-state index in [1.807, 2.05) is 0 Å². The van der Waals surface area contributed by atoms with Gasteiger partial charge in [-0.15, -0.1) is 6.42 Å². The zero-order valence-corrected chi connectivity index (χ0v) is 6.91. The fourth-order valence-electron chi connectivity index (χ4n) is 0.852. The molecule has 2 N–H and O–H groups in total. The summed E-state index contributed by atoms with van der Waals surface area (Å²) in [6.07, 6.45) is 5.00. The molecular weight excluding hydrogens is 168 g/mol. The van der Waals surface area contributed by atoms with E-state index in [1.54, 1.807) is 18.2 Å². The van der Waals surface area contributed by atoms with E-state index in [4.69, 9.17) is 16.3 Å². The summed E-state index contributed by atoms with van der Waals surface area (Å²) in [5.41, 5.74) is 0.300. The molecule has 0 fully saturated rings. The van der Waals surface area contributed by atoms with Gasteiger partial charge in [0, 0.05) is 10.9 Å². The van der Waals surface area contributed by atoms with Crippen molar-refractivity contribution in [1.29, 1.82) is 0 Å². The minimum Gasteiger partial charge on any atom is -0.561 e. The summed E-state index contributed by atoms with van der Waals surface area (Å²) in [4.78, 5) is 10.6. The van der Waals surface area contributed by atoms with Crippen LogP contribution in [0.15, 0.2) is 24.3 Å². The number of hydrogen-bond donors (Lipinski definition) is 0. The molecule has 0 unspecified atom stereocenters. The van der Waals surface area contributed by atoms with Gasteiger partial charge in [-0.3, -0.25) is 0 Å². The lowest BCUT2D eigenvalue weighted by Gasteiger charge is -2.00. The van der Waals surface area contributed by atoms with E-state index in [2.05, 4.69) is 5.92 Å². The highest BCUT2D eigenvalue weighted by molar-refractivity contribution is 5.87. The van der Waals surface area contributed by atoms with Crippen LogP contribution >= 0.6 is 0 Å². The van der Waals surface area contributed by atoms with Crippen molar-refractivity contribution in [3.8, 4) is 18.1 Å². The van der Waals surface area contributed by atoms with E-state index in [0.29, 0.717) is 11.3 Å². The summed E-state index contributed by atoms with van der Waals surface area (Å²) in [6.45, 7) is 0.162. The SMILES string of the molecule is C#CCOc1cccc(C(=O)[OH2+])c1. The molecule has 0 heterocycles. The molecule has 0 atom stereocenters. The van der Waals surface area contributed by atoms with Gasteiger partial charge in [0.25, 0.3) is 0 Å². The smallest absolute Gasteiger partial charge is 0.549 e. The highest BCUT2D eigenvalue weighted by Crippen LogP contribution is 2.12. The van der Waals surface area contributed by atoms with Crippen LogP contribution in [0.1, 0.15) is 10.4 Å². The first kappa shape index (κ1) is 9.14. The maximum absolute atomic E-state index is 10.6. The number of benzene rings is 1. The lowest BCUT2D eigenvalue weighted by Crippen LogP contribution is -1.98. The van der Waals surface area contributed by atoms with Gasteiger partial charge in [-0.25, -0.2) is 0 Å². The van der Waals surface area contributed by atoms with Crippen molar-refractivity contribution in [3.63, 3.8) is 0 Å².